The fourth-order valence-electron chi connectivity index (χ4n) is 1.74. The predicted molar refractivity (Wildman–Crippen MR) is 54.3 cm³/mol. The van der Waals surface area contributed by atoms with Gasteiger partial charge in [-0.2, -0.15) is 0 Å². The lowest BCUT2D eigenvalue weighted by molar-refractivity contribution is -0.0550. The summed E-state index contributed by atoms with van der Waals surface area (Å²) in [6, 6.07) is 1.09. The Kier molecular flexibility index (Phi) is 3.11. The van der Waals surface area contributed by atoms with Gasteiger partial charge in [0.25, 0.3) is 5.56 Å². The van der Waals surface area contributed by atoms with Gasteiger partial charge in [-0.3, -0.25) is 14.3 Å². The number of aliphatic hydroxyl groups excluding tert-OH is 3. The van der Waals surface area contributed by atoms with Crippen LogP contribution in [0.1, 0.15) is 6.23 Å². The van der Waals surface area contributed by atoms with Gasteiger partial charge in [-0.25, -0.2) is 4.79 Å². The minimum atomic E-state index is -1.35. The largest absolute Gasteiger partial charge is 0.394 e. The first-order chi connectivity index (χ1) is 8.04. The summed E-state index contributed by atoms with van der Waals surface area (Å²) in [5.41, 5.74) is -1.33. The van der Waals surface area contributed by atoms with Crippen LogP contribution in [0, 0.1) is 0 Å². The number of H-pyrrole nitrogens is 1. The second kappa shape index (κ2) is 4.41. The van der Waals surface area contributed by atoms with Crippen LogP contribution in [-0.4, -0.2) is 49.8 Å². The van der Waals surface area contributed by atoms with Crippen molar-refractivity contribution >= 4 is 0 Å². The summed E-state index contributed by atoms with van der Waals surface area (Å²) in [6.07, 6.45) is -3.58. The minimum absolute atomic E-state index is 0.479. The van der Waals surface area contributed by atoms with Crippen molar-refractivity contribution in [3.05, 3.63) is 33.1 Å². The van der Waals surface area contributed by atoms with Crippen molar-refractivity contribution in [1.82, 2.24) is 9.55 Å². The molecule has 1 saturated heterocycles. The van der Waals surface area contributed by atoms with Crippen LogP contribution in [0.15, 0.2) is 21.9 Å². The van der Waals surface area contributed by atoms with Crippen LogP contribution >= 0.6 is 0 Å². The van der Waals surface area contributed by atoms with E-state index in [2.05, 4.69) is 0 Å². The first kappa shape index (κ1) is 12.0. The van der Waals surface area contributed by atoms with E-state index < -0.39 is 42.4 Å². The van der Waals surface area contributed by atoms with E-state index in [1.807, 2.05) is 4.98 Å². The molecule has 1 fully saturated rings. The molecule has 0 saturated carbocycles. The lowest BCUT2D eigenvalue weighted by Gasteiger charge is -2.16. The molecule has 94 valence electrons. The molecule has 1 aliphatic heterocycles. The maximum Gasteiger partial charge on any atom is 0.330 e. The quantitative estimate of drug-likeness (QED) is 0.446. The zero-order valence-electron chi connectivity index (χ0n) is 8.68. The van der Waals surface area contributed by atoms with Gasteiger partial charge in [0.2, 0.25) is 0 Å². The molecule has 0 bridgehead atoms. The first-order valence-corrected chi connectivity index (χ1v) is 4.98. The Morgan fingerprint density at radius 1 is 1.35 bits per heavy atom. The monoisotopic (exact) mass is 247 g/mol. The highest BCUT2D eigenvalue weighted by Crippen LogP contribution is 2.27. The summed E-state index contributed by atoms with van der Waals surface area (Å²) in [4.78, 5) is 24.3. The van der Waals surface area contributed by atoms with Crippen molar-refractivity contribution in [2.45, 2.75) is 24.5 Å². The van der Waals surface area contributed by atoms with E-state index in [0.717, 1.165) is 16.8 Å². The highest BCUT2D eigenvalue weighted by Gasteiger charge is 2.43. The second-order valence-corrected chi connectivity index (χ2v) is 3.75. The molecule has 17 heavy (non-hydrogen) atoms. The summed E-state index contributed by atoms with van der Waals surface area (Å²) in [5, 5.41) is 28.1. The van der Waals surface area contributed by atoms with Crippen LogP contribution in [0.25, 0.3) is 0 Å². The third-order valence-electron chi connectivity index (χ3n) is 2.64. The van der Waals surface area contributed by atoms with Gasteiger partial charge in [-0.05, 0) is 0 Å². The normalized spacial score (nSPS) is 32.9. The number of nitrogens with one attached hydrogen (secondary N) is 1. The average molecular weight is 247 g/mol. The number of hydrogen-bond acceptors (Lipinski definition) is 6. The van der Waals surface area contributed by atoms with E-state index in [1.54, 1.807) is 0 Å². The molecule has 1 aromatic heterocycles. The zero-order valence-corrected chi connectivity index (χ0v) is 8.68. The maximum atomic E-state index is 11.4. The van der Waals surface area contributed by atoms with Gasteiger partial charge in [0.1, 0.15) is 18.3 Å². The molecule has 0 amide bonds. The van der Waals surface area contributed by atoms with Crippen LogP contribution in [-0.2, 0) is 4.74 Å². The van der Waals surface area contributed by atoms with Crippen molar-refractivity contribution in [1.29, 1.82) is 0 Å². The molecule has 1 aromatic rings. The molecule has 0 radical (unpaired) electrons. The Morgan fingerprint density at radius 2 is 2.06 bits per heavy atom. The van der Waals surface area contributed by atoms with E-state index in [0.29, 0.717) is 0 Å². The molecular weight excluding hydrogens is 235 g/mol. The Labute approximate surface area is 94.7 Å². The third-order valence-corrected chi connectivity index (χ3v) is 2.64. The van der Waals surface area contributed by atoms with Gasteiger partial charge < -0.3 is 20.1 Å². The molecule has 2 rings (SSSR count). The number of rotatable bonds is 2. The standard InChI is InChI=1S/C9H12N2O6/c12-3-4-6(14)7(15)8(17-4)11-2-1-5(13)10-9(11)16/h1-2,4,6-8,12,14-15H,3H2,(H,10,13,16)/t4-,6?,7-,8-/m0/s1/i9+1,10+1,11+1. The van der Waals surface area contributed by atoms with Crippen LogP contribution in [0.4, 0.5) is 0 Å². The first-order valence-electron chi connectivity index (χ1n) is 4.98. The Morgan fingerprint density at radius 3 is 2.59 bits per heavy atom. The van der Waals surface area contributed by atoms with E-state index in [-0.39, 0.29) is 0 Å². The Hall–Kier alpha value is -1.48. The molecule has 0 aromatic carbocycles. The van der Waals surface area contributed by atoms with E-state index in [9.17, 15) is 19.8 Å². The fraction of sp³-hybridized carbons (Fsp3) is 0.556. The van der Waals surface area contributed by atoms with Crippen molar-refractivity contribution in [3.63, 3.8) is 0 Å². The van der Waals surface area contributed by atoms with Crippen molar-refractivity contribution in [2.75, 3.05) is 6.61 Å². The Bertz CT molecular complexity index is 509. The number of ether oxygens (including phenoxy) is 1. The summed E-state index contributed by atoms with van der Waals surface area (Å²) in [5.74, 6) is 0. The van der Waals surface area contributed by atoms with Crippen molar-refractivity contribution in [2.24, 2.45) is 0 Å². The Balaban J connectivity index is 2.35. The summed E-state index contributed by atoms with van der Waals surface area (Å²) >= 11 is 0. The van der Waals surface area contributed by atoms with Gasteiger partial charge in [-0.1, -0.05) is 0 Å². The van der Waals surface area contributed by atoms with E-state index in [4.69, 9.17) is 9.84 Å². The molecule has 0 aliphatic carbocycles. The third kappa shape index (κ3) is 2.03. The molecule has 1 unspecified atom stereocenters. The molecule has 2 heterocycles. The number of nitrogens with zero attached hydrogens (tertiary/aromatic N) is 1. The lowest BCUT2D eigenvalue weighted by atomic mass is 10.1. The summed E-state index contributed by atoms with van der Waals surface area (Å²) < 4.78 is 6.08. The van der Waals surface area contributed by atoms with Gasteiger partial charge in [0.15, 0.2) is 6.23 Å². The smallest absolute Gasteiger partial charge is 0.330 e. The van der Waals surface area contributed by atoms with Crippen LogP contribution in [0.5, 0.6) is 0 Å². The predicted octanol–water partition coefficient (Wildman–Crippen LogP) is -2.85. The molecule has 8 nitrogen and oxygen atoms in total. The van der Waals surface area contributed by atoms with Crippen LogP contribution in [0.3, 0.4) is 0 Å². The highest BCUT2D eigenvalue weighted by molar-refractivity contribution is 4.92. The number of hydrogen-bond donors (Lipinski definition) is 4. The second-order valence-electron chi connectivity index (χ2n) is 3.75. The van der Waals surface area contributed by atoms with Crippen molar-refractivity contribution in [3.8, 4) is 0 Å². The van der Waals surface area contributed by atoms with Gasteiger partial charge >= 0.3 is 5.69 Å². The van der Waals surface area contributed by atoms with Crippen LogP contribution < -0.4 is 11.2 Å². The van der Waals surface area contributed by atoms with Gasteiger partial charge in [0.05, 0.1) is 6.61 Å². The highest BCUT2D eigenvalue weighted by atomic mass is 16.6. The van der Waals surface area contributed by atoms with E-state index in [1.165, 1.54) is 0 Å². The maximum absolute atomic E-state index is 11.4. The lowest BCUT2D eigenvalue weighted by Crippen LogP contribution is -2.37. The number of aromatic amines is 1. The number of aliphatic hydroxyl groups is 3. The van der Waals surface area contributed by atoms with Crippen LogP contribution in [0.2, 0.25) is 0 Å². The van der Waals surface area contributed by atoms with Crippen molar-refractivity contribution < 1.29 is 20.1 Å². The van der Waals surface area contributed by atoms with Gasteiger partial charge in [-0.15, -0.1) is 0 Å². The zero-order chi connectivity index (χ0) is 12.6. The van der Waals surface area contributed by atoms with Gasteiger partial charge in [0, 0.05) is 12.3 Å². The molecule has 1 aliphatic rings. The summed E-state index contributed by atoms with van der Waals surface area (Å²) in [7, 11) is 0. The number of aromatic nitrogens is 2. The molecule has 0 spiro atoms. The fourth-order valence-corrected chi connectivity index (χ4v) is 1.74. The topological polar surface area (TPSA) is 125 Å². The molecule has 8 heteroatoms. The molecular formula is C9H12N2O6. The summed E-state index contributed by atoms with van der Waals surface area (Å²) in [6.45, 7) is -0.479. The minimum Gasteiger partial charge on any atom is -0.394 e. The molecule has 4 atom stereocenters. The SMILES string of the molecule is O=c1cc[15n]([C@H]2O[C@@H](CO)C(O)[C@@H]2O)[13c](=O)[15nH]1. The van der Waals surface area contributed by atoms with E-state index >= 15 is 0 Å². The molecule has 4 N–H and O–H groups in total. The average Bonchev–Trinajstić information content (AvgIpc) is 2.57.